The van der Waals surface area contributed by atoms with Crippen LogP contribution in [0.25, 0.3) is 0 Å². The quantitative estimate of drug-likeness (QED) is 0.753. The zero-order valence-corrected chi connectivity index (χ0v) is 12.6. The van der Waals surface area contributed by atoms with Crippen molar-refractivity contribution >= 4 is 11.8 Å². The lowest BCUT2D eigenvalue weighted by Crippen LogP contribution is -2.57. The van der Waals surface area contributed by atoms with Crippen LogP contribution >= 0.6 is 0 Å². The van der Waals surface area contributed by atoms with Crippen LogP contribution in [0.1, 0.15) is 31.2 Å². The highest BCUT2D eigenvalue weighted by Gasteiger charge is 2.73. The molecule has 21 heavy (non-hydrogen) atoms. The Morgan fingerprint density at radius 3 is 2.52 bits per heavy atom. The number of carbonyl (C=O) groups excluding carboxylic acids is 2. The van der Waals surface area contributed by atoms with E-state index in [9.17, 15) is 9.59 Å². The van der Waals surface area contributed by atoms with Crippen LogP contribution in [0, 0.1) is 18.8 Å². The Morgan fingerprint density at radius 1 is 1.29 bits per heavy atom. The molecule has 0 spiro atoms. The van der Waals surface area contributed by atoms with E-state index in [1.54, 1.807) is 20.8 Å². The van der Waals surface area contributed by atoms with E-state index < -0.39 is 29.2 Å². The number of Topliss-reactive ketones (excluding diaryl/α,β-unsaturated/α-hetero) is 1. The molecule has 0 aromatic carbocycles. The molecule has 1 saturated heterocycles. The molecule has 7 nitrogen and oxygen atoms in total. The molecule has 3 heterocycles. The molecule has 2 aliphatic rings. The highest BCUT2D eigenvalue weighted by Crippen LogP contribution is 2.59. The van der Waals surface area contributed by atoms with Gasteiger partial charge in [0.1, 0.15) is 11.5 Å². The lowest BCUT2D eigenvalue weighted by molar-refractivity contribution is -0.317. The highest BCUT2D eigenvalue weighted by molar-refractivity contribution is 5.95. The number of nitrogens with zero attached hydrogens (tertiary/aromatic N) is 1. The maximum absolute atomic E-state index is 12.6. The van der Waals surface area contributed by atoms with E-state index in [2.05, 4.69) is 4.98 Å². The van der Waals surface area contributed by atoms with Crippen molar-refractivity contribution in [2.75, 3.05) is 14.2 Å². The van der Waals surface area contributed by atoms with Gasteiger partial charge in [-0.1, -0.05) is 6.92 Å². The minimum atomic E-state index is -1.63. The Kier molecular flexibility index (Phi) is 2.80. The van der Waals surface area contributed by atoms with Crippen molar-refractivity contribution in [2.45, 2.75) is 32.2 Å². The van der Waals surface area contributed by atoms with Gasteiger partial charge in [0.05, 0.1) is 18.9 Å². The summed E-state index contributed by atoms with van der Waals surface area (Å²) >= 11 is 0. The first-order valence-corrected chi connectivity index (χ1v) is 6.71. The summed E-state index contributed by atoms with van der Waals surface area (Å²) < 4.78 is 21.9. The van der Waals surface area contributed by atoms with Crippen LogP contribution in [0.15, 0.2) is 4.42 Å². The van der Waals surface area contributed by atoms with Gasteiger partial charge >= 0.3 is 5.97 Å². The largest absolute Gasteiger partial charge is 0.467 e. The first-order chi connectivity index (χ1) is 9.85. The fraction of sp³-hybridized carbons (Fsp3) is 0.643. The SMILES string of the molecule is COC(=O)[C@]12O[C@](OC)(c3nc(C)oc31)[C@@H](C)C(=O)[C@@H]2C. The molecule has 3 rings (SSSR count). The van der Waals surface area contributed by atoms with Crippen molar-refractivity contribution in [3.8, 4) is 0 Å². The van der Waals surface area contributed by atoms with Crippen LogP contribution in [0.3, 0.4) is 0 Å². The number of aryl methyl sites for hydroxylation is 1. The van der Waals surface area contributed by atoms with E-state index in [4.69, 9.17) is 18.6 Å². The Hall–Kier alpha value is -1.73. The molecule has 0 unspecified atom stereocenters. The normalized spacial score (nSPS) is 37.5. The summed E-state index contributed by atoms with van der Waals surface area (Å²) in [5, 5.41) is 0. The molecule has 114 valence electrons. The minimum Gasteiger partial charge on any atom is -0.467 e. The fourth-order valence-corrected chi connectivity index (χ4v) is 3.37. The van der Waals surface area contributed by atoms with Crippen LogP contribution in [0.5, 0.6) is 0 Å². The van der Waals surface area contributed by atoms with Crippen molar-refractivity contribution in [2.24, 2.45) is 11.8 Å². The molecule has 1 aromatic rings. The van der Waals surface area contributed by atoms with E-state index in [0.717, 1.165) is 0 Å². The summed E-state index contributed by atoms with van der Waals surface area (Å²) in [6.07, 6.45) is 0. The van der Waals surface area contributed by atoms with Crippen LogP contribution < -0.4 is 0 Å². The summed E-state index contributed by atoms with van der Waals surface area (Å²) in [6.45, 7) is 4.99. The lowest BCUT2D eigenvalue weighted by Gasteiger charge is -2.43. The second-order valence-electron chi connectivity index (χ2n) is 5.46. The third kappa shape index (κ3) is 1.38. The fourth-order valence-electron chi connectivity index (χ4n) is 3.37. The molecule has 0 N–H and O–H groups in total. The molecule has 4 atom stereocenters. The van der Waals surface area contributed by atoms with Gasteiger partial charge in [-0.25, -0.2) is 9.78 Å². The lowest BCUT2D eigenvalue weighted by atomic mass is 9.78. The molecule has 0 aliphatic carbocycles. The smallest absolute Gasteiger partial charge is 0.347 e. The number of ketones is 1. The van der Waals surface area contributed by atoms with Crippen LogP contribution in [0.2, 0.25) is 0 Å². The monoisotopic (exact) mass is 295 g/mol. The number of hydrogen-bond donors (Lipinski definition) is 0. The first-order valence-electron chi connectivity index (χ1n) is 6.71. The molecule has 1 fully saturated rings. The molecular weight excluding hydrogens is 278 g/mol. The molecule has 7 heteroatoms. The Labute approximate surface area is 121 Å². The summed E-state index contributed by atoms with van der Waals surface area (Å²) in [7, 11) is 2.66. The van der Waals surface area contributed by atoms with Gasteiger partial charge in [-0.2, -0.15) is 0 Å². The van der Waals surface area contributed by atoms with Gasteiger partial charge in [0.15, 0.2) is 11.7 Å². The molecule has 0 radical (unpaired) electrons. The van der Waals surface area contributed by atoms with Crippen molar-refractivity contribution in [1.82, 2.24) is 4.98 Å². The van der Waals surface area contributed by atoms with Crippen LogP contribution in [-0.4, -0.2) is 31.0 Å². The number of oxazole rings is 1. The number of methoxy groups -OCH3 is 2. The first kappa shape index (κ1) is 14.2. The topological polar surface area (TPSA) is 87.9 Å². The van der Waals surface area contributed by atoms with Gasteiger partial charge in [-0.05, 0) is 6.92 Å². The molecule has 1 aromatic heterocycles. The van der Waals surface area contributed by atoms with E-state index in [1.165, 1.54) is 14.2 Å². The van der Waals surface area contributed by atoms with Gasteiger partial charge in [0.25, 0.3) is 0 Å². The number of hydrogen-bond acceptors (Lipinski definition) is 7. The van der Waals surface area contributed by atoms with Crippen molar-refractivity contribution in [1.29, 1.82) is 0 Å². The van der Waals surface area contributed by atoms with Crippen molar-refractivity contribution in [3.05, 3.63) is 17.3 Å². The van der Waals surface area contributed by atoms with E-state index >= 15 is 0 Å². The number of rotatable bonds is 2. The van der Waals surface area contributed by atoms with E-state index in [1.807, 2.05) is 0 Å². The van der Waals surface area contributed by atoms with Crippen LogP contribution in [0.4, 0.5) is 0 Å². The molecular formula is C14H17NO6. The van der Waals surface area contributed by atoms with Crippen molar-refractivity contribution < 1.29 is 28.2 Å². The number of carbonyl (C=O) groups is 2. The van der Waals surface area contributed by atoms with Gasteiger partial charge in [-0.15, -0.1) is 0 Å². The zero-order valence-electron chi connectivity index (χ0n) is 12.6. The second-order valence-corrected chi connectivity index (χ2v) is 5.46. The third-order valence-corrected chi connectivity index (χ3v) is 4.54. The summed E-state index contributed by atoms with van der Waals surface area (Å²) in [5.41, 5.74) is -1.29. The maximum Gasteiger partial charge on any atom is 0.347 e. The Balaban J connectivity index is 2.34. The predicted molar refractivity (Wildman–Crippen MR) is 68.0 cm³/mol. The van der Waals surface area contributed by atoms with Gasteiger partial charge in [0, 0.05) is 14.0 Å². The van der Waals surface area contributed by atoms with Gasteiger partial charge in [0.2, 0.25) is 11.4 Å². The average molecular weight is 295 g/mol. The zero-order chi connectivity index (χ0) is 15.6. The van der Waals surface area contributed by atoms with E-state index in [-0.39, 0.29) is 11.5 Å². The van der Waals surface area contributed by atoms with Crippen molar-refractivity contribution in [3.63, 3.8) is 0 Å². The average Bonchev–Trinajstić information content (AvgIpc) is 2.98. The summed E-state index contributed by atoms with van der Waals surface area (Å²) in [4.78, 5) is 29.3. The minimum absolute atomic E-state index is 0.153. The Morgan fingerprint density at radius 2 is 1.95 bits per heavy atom. The molecule has 2 aliphatic heterocycles. The molecule has 0 saturated carbocycles. The molecule has 0 amide bonds. The number of esters is 1. The summed E-state index contributed by atoms with van der Waals surface area (Å²) in [6, 6.07) is 0. The van der Waals surface area contributed by atoms with Crippen LogP contribution in [-0.2, 0) is 35.2 Å². The standard InChI is InChI=1S/C14H17NO6/c1-6-9(16)7(2)14(19-5)10-11(20-8(3)15-10)13(6,21-14)12(17)18-4/h6-7H,1-5H3/t6-,7-,13+,14-/m0/s1. The highest BCUT2D eigenvalue weighted by atomic mass is 16.7. The van der Waals surface area contributed by atoms with E-state index in [0.29, 0.717) is 11.6 Å². The van der Waals surface area contributed by atoms with Gasteiger partial charge in [-0.3, -0.25) is 4.79 Å². The third-order valence-electron chi connectivity index (χ3n) is 4.54. The predicted octanol–water partition coefficient (Wildman–Crippen LogP) is 1.04. The van der Waals surface area contributed by atoms with Gasteiger partial charge < -0.3 is 18.6 Å². The number of aromatic nitrogens is 1. The Bertz CT molecular complexity index is 637. The maximum atomic E-state index is 12.6. The molecule has 2 bridgehead atoms. The number of fused-ring (bicyclic) bond motifs is 5. The summed E-state index contributed by atoms with van der Waals surface area (Å²) in [5.74, 6) is -3.03. The second kappa shape index (κ2) is 4.14. The number of ether oxygens (including phenoxy) is 3.